The van der Waals surface area contributed by atoms with Gasteiger partial charge < -0.3 is 10.2 Å². The lowest BCUT2D eigenvalue weighted by Gasteiger charge is -2.09. The van der Waals surface area contributed by atoms with Crippen molar-refractivity contribution in [2.75, 3.05) is 5.88 Å². The molecule has 1 aromatic carbocycles. The number of hydrogen-bond donors (Lipinski definition) is 2. The number of aliphatic hydroxyl groups excluding tert-OH is 1. The molecule has 0 aliphatic rings. The Labute approximate surface area is 102 Å². The first kappa shape index (κ1) is 13.6. The van der Waals surface area contributed by atoms with E-state index in [1.54, 1.807) is 0 Å². The number of rotatable bonds is 5. The number of alkyl halides is 1. The Morgan fingerprint density at radius 2 is 2.06 bits per heavy atom. The maximum atomic E-state index is 13.3. The highest BCUT2D eigenvalue weighted by atomic mass is 35.5. The van der Waals surface area contributed by atoms with Gasteiger partial charge in [-0.3, -0.25) is 4.79 Å². The summed E-state index contributed by atoms with van der Waals surface area (Å²) in [5.41, 5.74) is 0.0460. The molecule has 0 heterocycles. The molecule has 0 bridgehead atoms. The molecule has 0 spiro atoms. The van der Waals surface area contributed by atoms with Crippen molar-refractivity contribution in [1.82, 2.24) is 0 Å². The van der Waals surface area contributed by atoms with Gasteiger partial charge in [0.15, 0.2) is 11.9 Å². The molecular formula is C11H10ClFO4. The van der Waals surface area contributed by atoms with E-state index in [-0.39, 0.29) is 23.6 Å². The first-order chi connectivity index (χ1) is 7.95. The van der Waals surface area contributed by atoms with Crippen LogP contribution >= 0.6 is 11.6 Å². The highest BCUT2D eigenvalue weighted by Crippen LogP contribution is 2.19. The first-order valence-corrected chi connectivity index (χ1v) is 5.26. The highest BCUT2D eigenvalue weighted by molar-refractivity contribution is 6.27. The molecule has 2 N–H and O–H groups in total. The Kier molecular flexibility index (Phi) is 4.60. The third-order valence-electron chi connectivity index (χ3n) is 2.14. The van der Waals surface area contributed by atoms with Crippen LogP contribution < -0.4 is 0 Å². The Bertz CT molecular complexity index is 447. The van der Waals surface area contributed by atoms with Gasteiger partial charge in [0.2, 0.25) is 0 Å². The minimum Gasteiger partial charge on any atom is -0.479 e. The lowest BCUT2D eigenvalue weighted by atomic mass is 10.0. The quantitative estimate of drug-likeness (QED) is 0.783. The van der Waals surface area contributed by atoms with Gasteiger partial charge in [-0.05, 0) is 17.7 Å². The van der Waals surface area contributed by atoms with Crippen molar-refractivity contribution in [3.63, 3.8) is 0 Å². The van der Waals surface area contributed by atoms with Crippen LogP contribution in [-0.4, -0.2) is 27.8 Å². The van der Waals surface area contributed by atoms with Crippen molar-refractivity contribution < 1.29 is 24.2 Å². The molecule has 0 saturated heterocycles. The van der Waals surface area contributed by atoms with Gasteiger partial charge in [0.25, 0.3) is 0 Å². The van der Waals surface area contributed by atoms with E-state index in [4.69, 9.17) is 16.7 Å². The molecular weight excluding hydrogens is 251 g/mol. The number of Topliss-reactive ketones (excluding diaryl/α,β-unsaturated/α-hetero) is 1. The van der Waals surface area contributed by atoms with E-state index in [0.29, 0.717) is 5.56 Å². The average Bonchev–Trinajstić information content (AvgIpc) is 2.30. The van der Waals surface area contributed by atoms with Gasteiger partial charge in [-0.1, -0.05) is 6.07 Å². The van der Waals surface area contributed by atoms with E-state index in [1.165, 1.54) is 6.07 Å². The van der Waals surface area contributed by atoms with Crippen LogP contribution in [0.1, 0.15) is 17.2 Å². The second-order valence-electron chi connectivity index (χ2n) is 3.45. The number of halogens is 2. The normalized spacial score (nSPS) is 12.2. The standard InChI is InChI=1S/C11H10ClFO4/c12-5-7(14)3-6-1-2-9(13)8(4-6)10(15)11(16)17/h1-2,4,10,15H,3,5H2,(H,16,17). The number of carboxylic acid groups (broad SMARTS) is 1. The van der Waals surface area contributed by atoms with Crippen LogP contribution in [0.25, 0.3) is 0 Å². The number of hydrogen-bond acceptors (Lipinski definition) is 3. The minimum atomic E-state index is -1.94. The molecule has 0 aromatic heterocycles. The van der Waals surface area contributed by atoms with Crippen LogP contribution in [0.3, 0.4) is 0 Å². The van der Waals surface area contributed by atoms with Crippen LogP contribution in [-0.2, 0) is 16.0 Å². The Hall–Kier alpha value is -1.46. The molecule has 6 heteroatoms. The topological polar surface area (TPSA) is 74.6 Å². The average molecular weight is 261 g/mol. The van der Waals surface area contributed by atoms with Crippen molar-refractivity contribution in [3.05, 3.63) is 35.1 Å². The van der Waals surface area contributed by atoms with Gasteiger partial charge in [-0.2, -0.15) is 0 Å². The summed E-state index contributed by atoms with van der Waals surface area (Å²) in [5, 5.41) is 17.8. The maximum absolute atomic E-state index is 13.3. The summed E-state index contributed by atoms with van der Waals surface area (Å²) in [6.45, 7) is 0. The summed E-state index contributed by atoms with van der Waals surface area (Å²) in [4.78, 5) is 21.6. The van der Waals surface area contributed by atoms with Crippen molar-refractivity contribution in [2.45, 2.75) is 12.5 Å². The Morgan fingerprint density at radius 1 is 1.41 bits per heavy atom. The monoisotopic (exact) mass is 260 g/mol. The van der Waals surface area contributed by atoms with Gasteiger partial charge in [0, 0.05) is 12.0 Å². The van der Waals surface area contributed by atoms with Crippen LogP contribution in [0.15, 0.2) is 18.2 Å². The molecule has 0 fully saturated rings. The van der Waals surface area contributed by atoms with Gasteiger partial charge in [0.05, 0.1) is 5.88 Å². The summed E-state index contributed by atoms with van der Waals surface area (Å²) in [6, 6.07) is 3.51. The number of aliphatic hydroxyl groups is 1. The highest BCUT2D eigenvalue weighted by Gasteiger charge is 2.20. The van der Waals surface area contributed by atoms with Crippen LogP contribution in [0.2, 0.25) is 0 Å². The van der Waals surface area contributed by atoms with Crippen LogP contribution in [0.5, 0.6) is 0 Å². The zero-order valence-electron chi connectivity index (χ0n) is 8.69. The van der Waals surface area contributed by atoms with Gasteiger partial charge in [0.1, 0.15) is 5.82 Å². The van der Waals surface area contributed by atoms with Crippen molar-refractivity contribution in [2.24, 2.45) is 0 Å². The third kappa shape index (κ3) is 3.51. The van der Waals surface area contributed by atoms with Gasteiger partial charge in [-0.25, -0.2) is 9.18 Å². The van der Waals surface area contributed by atoms with Crippen molar-refractivity contribution in [1.29, 1.82) is 0 Å². The second-order valence-corrected chi connectivity index (χ2v) is 3.71. The van der Waals surface area contributed by atoms with Crippen molar-refractivity contribution in [3.8, 4) is 0 Å². The molecule has 0 aliphatic heterocycles. The molecule has 0 aliphatic carbocycles. The summed E-state index contributed by atoms with van der Waals surface area (Å²) in [7, 11) is 0. The SMILES string of the molecule is O=C(CCl)Cc1ccc(F)c(C(O)C(=O)O)c1. The number of benzene rings is 1. The number of carbonyl (C=O) groups is 2. The number of carbonyl (C=O) groups excluding carboxylic acids is 1. The molecule has 17 heavy (non-hydrogen) atoms. The maximum Gasteiger partial charge on any atom is 0.337 e. The summed E-state index contributed by atoms with van der Waals surface area (Å²) >= 11 is 5.32. The van der Waals surface area contributed by atoms with Crippen LogP contribution in [0.4, 0.5) is 4.39 Å². The lowest BCUT2D eigenvalue weighted by Crippen LogP contribution is -2.13. The van der Waals surface area contributed by atoms with E-state index in [9.17, 15) is 19.1 Å². The van der Waals surface area contributed by atoms with Crippen LogP contribution in [0, 0.1) is 5.82 Å². The van der Waals surface area contributed by atoms with Gasteiger partial charge >= 0.3 is 5.97 Å². The fraction of sp³-hybridized carbons (Fsp3) is 0.273. The number of aliphatic carboxylic acids is 1. The largest absolute Gasteiger partial charge is 0.479 e. The zero-order valence-corrected chi connectivity index (χ0v) is 9.45. The zero-order chi connectivity index (χ0) is 13.0. The van der Waals surface area contributed by atoms with E-state index in [0.717, 1.165) is 12.1 Å². The Morgan fingerprint density at radius 3 is 2.59 bits per heavy atom. The minimum absolute atomic E-state index is 0.0247. The summed E-state index contributed by atoms with van der Waals surface area (Å²) in [5.74, 6) is -2.82. The van der Waals surface area contributed by atoms with Crippen molar-refractivity contribution >= 4 is 23.4 Å². The van der Waals surface area contributed by atoms with E-state index in [1.807, 2.05) is 0 Å². The third-order valence-corrected chi connectivity index (χ3v) is 2.44. The van der Waals surface area contributed by atoms with E-state index >= 15 is 0 Å². The molecule has 0 radical (unpaired) electrons. The predicted octanol–water partition coefficient (Wildman–Crippen LogP) is 1.29. The predicted molar refractivity (Wildman–Crippen MR) is 58.4 cm³/mol. The Balaban J connectivity index is 3.02. The smallest absolute Gasteiger partial charge is 0.337 e. The summed E-state index contributed by atoms with van der Waals surface area (Å²) in [6.07, 6.45) is -1.97. The van der Waals surface area contributed by atoms with E-state index < -0.39 is 17.9 Å². The number of carboxylic acids is 1. The molecule has 1 rings (SSSR count). The fourth-order valence-corrected chi connectivity index (χ4v) is 1.42. The van der Waals surface area contributed by atoms with E-state index in [2.05, 4.69) is 0 Å². The first-order valence-electron chi connectivity index (χ1n) is 4.72. The molecule has 1 aromatic rings. The fourth-order valence-electron chi connectivity index (χ4n) is 1.32. The molecule has 0 saturated carbocycles. The molecule has 1 atom stereocenters. The lowest BCUT2D eigenvalue weighted by molar-refractivity contribution is -0.147. The second kappa shape index (κ2) is 5.75. The molecule has 1 unspecified atom stereocenters. The molecule has 4 nitrogen and oxygen atoms in total. The number of ketones is 1. The molecule has 0 amide bonds. The van der Waals surface area contributed by atoms with Gasteiger partial charge in [-0.15, -0.1) is 11.6 Å². The summed E-state index contributed by atoms with van der Waals surface area (Å²) < 4.78 is 13.3. The molecule has 92 valence electrons.